The van der Waals surface area contributed by atoms with Gasteiger partial charge < -0.3 is 15.4 Å². The number of carbonyl (C=O) groups excluding carboxylic acids is 3. The molecule has 2 aromatic rings. The number of hydrogen-bond acceptors (Lipinski definition) is 4. The Morgan fingerprint density at radius 3 is 2.28 bits per heavy atom. The van der Waals surface area contributed by atoms with Crippen LogP contribution >= 0.6 is 23.2 Å². The van der Waals surface area contributed by atoms with Crippen molar-refractivity contribution in [3.8, 4) is 0 Å². The fourth-order valence-corrected chi connectivity index (χ4v) is 2.40. The number of carbonyl (C=O) groups is 3. The standard InChI is InChI=1S/C18H13Cl2F3N2O4/c19-12-2-1-3-13(16(12)20)25-14(26)9-29-15(27)8-24-17(28)10-4-6-11(7-5-10)18(21,22)23/h1-7H,8-9H2,(H,24,28)(H,25,26). The lowest BCUT2D eigenvalue weighted by molar-refractivity contribution is -0.146. The molecule has 0 aliphatic heterocycles. The van der Waals surface area contributed by atoms with Crippen LogP contribution in [-0.4, -0.2) is 30.9 Å². The van der Waals surface area contributed by atoms with Gasteiger partial charge in [0.15, 0.2) is 6.61 Å². The molecule has 0 aliphatic carbocycles. The van der Waals surface area contributed by atoms with Crippen molar-refractivity contribution in [2.45, 2.75) is 6.18 Å². The number of halogens is 5. The molecule has 0 spiro atoms. The van der Waals surface area contributed by atoms with Crippen molar-refractivity contribution >= 4 is 46.7 Å². The Morgan fingerprint density at radius 2 is 1.66 bits per heavy atom. The molecule has 0 unspecified atom stereocenters. The van der Waals surface area contributed by atoms with E-state index in [2.05, 4.69) is 10.6 Å². The van der Waals surface area contributed by atoms with Gasteiger partial charge in [0, 0.05) is 5.56 Å². The fraction of sp³-hybridized carbons (Fsp3) is 0.167. The van der Waals surface area contributed by atoms with E-state index in [1.807, 2.05) is 0 Å². The zero-order chi connectivity index (χ0) is 21.6. The van der Waals surface area contributed by atoms with Gasteiger partial charge in [-0.2, -0.15) is 13.2 Å². The summed E-state index contributed by atoms with van der Waals surface area (Å²) in [5.74, 6) is -2.37. The molecule has 0 aliphatic rings. The van der Waals surface area contributed by atoms with Crippen LogP contribution in [0.1, 0.15) is 15.9 Å². The third-order valence-corrected chi connectivity index (χ3v) is 4.28. The van der Waals surface area contributed by atoms with Crippen LogP contribution in [0.25, 0.3) is 0 Å². The lowest BCUT2D eigenvalue weighted by Gasteiger charge is -2.10. The number of rotatable bonds is 6. The molecule has 0 saturated carbocycles. The molecule has 154 valence electrons. The molecule has 0 bridgehead atoms. The second-order valence-corrected chi connectivity index (χ2v) is 6.35. The average molecular weight is 449 g/mol. The van der Waals surface area contributed by atoms with Crippen molar-refractivity contribution in [3.05, 3.63) is 63.6 Å². The highest BCUT2D eigenvalue weighted by atomic mass is 35.5. The molecule has 29 heavy (non-hydrogen) atoms. The molecule has 0 fully saturated rings. The Morgan fingerprint density at radius 1 is 1.00 bits per heavy atom. The Balaban J connectivity index is 1.78. The van der Waals surface area contributed by atoms with Crippen molar-refractivity contribution < 1.29 is 32.3 Å². The maximum Gasteiger partial charge on any atom is 0.416 e. The summed E-state index contributed by atoms with van der Waals surface area (Å²) >= 11 is 11.7. The number of hydrogen-bond donors (Lipinski definition) is 2. The highest BCUT2D eigenvalue weighted by Gasteiger charge is 2.30. The quantitative estimate of drug-likeness (QED) is 0.655. The van der Waals surface area contributed by atoms with Crippen molar-refractivity contribution in [2.75, 3.05) is 18.5 Å². The van der Waals surface area contributed by atoms with E-state index < -0.39 is 42.7 Å². The van der Waals surface area contributed by atoms with Gasteiger partial charge in [0.1, 0.15) is 6.54 Å². The van der Waals surface area contributed by atoms with Gasteiger partial charge >= 0.3 is 12.1 Å². The van der Waals surface area contributed by atoms with Gasteiger partial charge in [-0.3, -0.25) is 14.4 Å². The maximum atomic E-state index is 12.5. The molecule has 6 nitrogen and oxygen atoms in total. The Hall–Kier alpha value is -2.78. The van der Waals surface area contributed by atoms with Crippen molar-refractivity contribution in [2.24, 2.45) is 0 Å². The summed E-state index contributed by atoms with van der Waals surface area (Å²) in [6.45, 7) is -1.22. The second-order valence-electron chi connectivity index (χ2n) is 5.57. The first-order valence-electron chi connectivity index (χ1n) is 7.93. The lowest BCUT2D eigenvalue weighted by Crippen LogP contribution is -2.32. The van der Waals surface area contributed by atoms with Crippen LogP contribution in [0.2, 0.25) is 10.0 Å². The summed E-state index contributed by atoms with van der Waals surface area (Å²) in [5, 5.41) is 4.94. The van der Waals surface area contributed by atoms with Gasteiger partial charge in [-0.15, -0.1) is 0 Å². The normalized spacial score (nSPS) is 10.9. The maximum absolute atomic E-state index is 12.5. The number of nitrogens with one attached hydrogen (secondary N) is 2. The first kappa shape index (κ1) is 22.5. The third-order valence-electron chi connectivity index (χ3n) is 3.46. The highest BCUT2D eigenvalue weighted by Crippen LogP contribution is 2.30. The average Bonchev–Trinajstić information content (AvgIpc) is 2.67. The minimum Gasteiger partial charge on any atom is -0.454 e. The van der Waals surface area contributed by atoms with E-state index in [4.69, 9.17) is 27.9 Å². The minimum absolute atomic E-state index is 0.0702. The van der Waals surface area contributed by atoms with Gasteiger partial charge in [-0.05, 0) is 36.4 Å². The number of benzene rings is 2. The van der Waals surface area contributed by atoms with Crippen LogP contribution in [0.15, 0.2) is 42.5 Å². The summed E-state index contributed by atoms with van der Waals surface area (Å²) in [6.07, 6.45) is -4.52. The number of amides is 2. The van der Waals surface area contributed by atoms with Crippen molar-refractivity contribution in [1.29, 1.82) is 0 Å². The van der Waals surface area contributed by atoms with Crippen LogP contribution < -0.4 is 10.6 Å². The van der Waals surface area contributed by atoms with Gasteiger partial charge in [-0.25, -0.2) is 0 Å². The van der Waals surface area contributed by atoms with Gasteiger partial charge in [0.2, 0.25) is 0 Å². The summed E-state index contributed by atoms with van der Waals surface area (Å²) in [6, 6.07) is 8.04. The molecule has 2 amide bonds. The molecule has 2 rings (SSSR count). The van der Waals surface area contributed by atoms with Crippen LogP contribution in [0, 0.1) is 0 Å². The van der Waals surface area contributed by atoms with E-state index in [0.717, 1.165) is 24.3 Å². The minimum atomic E-state index is -4.52. The van der Waals surface area contributed by atoms with Crippen LogP contribution in [0.5, 0.6) is 0 Å². The summed E-state index contributed by atoms with van der Waals surface area (Å²) in [7, 11) is 0. The SMILES string of the molecule is O=C(COC(=O)CNC(=O)c1ccc(C(F)(F)F)cc1)Nc1cccc(Cl)c1Cl. The van der Waals surface area contributed by atoms with Crippen molar-refractivity contribution in [1.82, 2.24) is 5.32 Å². The predicted molar refractivity (Wildman–Crippen MR) is 99.8 cm³/mol. The Kier molecular flexibility index (Phi) is 7.46. The molecule has 0 atom stereocenters. The molecular weight excluding hydrogens is 436 g/mol. The van der Waals surface area contributed by atoms with Crippen LogP contribution in [0.4, 0.5) is 18.9 Å². The zero-order valence-corrected chi connectivity index (χ0v) is 16.0. The van der Waals surface area contributed by atoms with Crippen molar-refractivity contribution in [3.63, 3.8) is 0 Å². The van der Waals surface area contributed by atoms with Gasteiger partial charge in [0.05, 0.1) is 21.3 Å². The topological polar surface area (TPSA) is 84.5 Å². The van der Waals surface area contributed by atoms with Gasteiger partial charge in [0.25, 0.3) is 11.8 Å². The summed E-state index contributed by atoms with van der Waals surface area (Å²) < 4.78 is 42.2. The second kappa shape index (κ2) is 9.62. The fourth-order valence-electron chi connectivity index (χ4n) is 2.05. The van der Waals surface area contributed by atoms with Gasteiger partial charge in [-0.1, -0.05) is 29.3 Å². The van der Waals surface area contributed by atoms with E-state index in [0.29, 0.717) is 0 Å². The molecule has 2 aromatic carbocycles. The molecule has 0 radical (unpaired) electrons. The zero-order valence-electron chi connectivity index (χ0n) is 14.5. The third kappa shape index (κ3) is 6.65. The smallest absolute Gasteiger partial charge is 0.416 e. The molecule has 0 heterocycles. The molecule has 0 saturated heterocycles. The van der Waals surface area contributed by atoms with E-state index >= 15 is 0 Å². The number of alkyl halides is 3. The van der Waals surface area contributed by atoms with E-state index in [1.165, 1.54) is 12.1 Å². The largest absolute Gasteiger partial charge is 0.454 e. The molecule has 11 heteroatoms. The summed E-state index contributed by atoms with van der Waals surface area (Å²) in [5.41, 5.74) is -0.741. The predicted octanol–water partition coefficient (Wildman–Crippen LogP) is 3.92. The lowest BCUT2D eigenvalue weighted by atomic mass is 10.1. The molecular formula is C18H13Cl2F3N2O4. The number of ether oxygens (including phenoxy) is 1. The first-order valence-corrected chi connectivity index (χ1v) is 8.68. The van der Waals surface area contributed by atoms with E-state index in [9.17, 15) is 27.6 Å². The Bertz CT molecular complexity index is 918. The highest BCUT2D eigenvalue weighted by molar-refractivity contribution is 6.44. The molecule has 2 N–H and O–H groups in total. The van der Waals surface area contributed by atoms with E-state index in [-0.39, 0.29) is 21.3 Å². The summed E-state index contributed by atoms with van der Waals surface area (Å²) in [4.78, 5) is 35.3. The monoisotopic (exact) mass is 448 g/mol. The number of esters is 1. The van der Waals surface area contributed by atoms with Crippen LogP contribution in [0.3, 0.4) is 0 Å². The molecule has 0 aromatic heterocycles. The van der Waals surface area contributed by atoms with E-state index in [1.54, 1.807) is 6.07 Å². The Labute approximate surface area is 172 Å². The van der Waals surface area contributed by atoms with Crippen LogP contribution in [-0.2, 0) is 20.5 Å². The first-order chi connectivity index (χ1) is 13.6. The number of anilines is 1.